The second-order valence-electron chi connectivity index (χ2n) is 8.41. The van der Waals surface area contributed by atoms with Crippen molar-refractivity contribution in [3.05, 3.63) is 29.8 Å². The molecule has 0 aromatic heterocycles. The molecule has 0 N–H and O–H groups in total. The highest BCUT2D eigenvalue weighted by Gasteiger charge is 2.38. The first kappa shape index (κ1) is 21.7. The molecule has 0 aliphatic carbocycles. The van der Waals surface area contributed by atoms with Gasteiger partial charge in [-0.3, -0.25) is 4.18 Å². The minimum atomic E-state index is -3.89. The van der Waals surface area contributed by atoms with E-state index in [2.05, 4.69) is 0 Å². The van der Waals surface area contributed by atoms with Crippen LogP contribution in [0.1, 0.15) is 40.2 Å². The number of benzene rings is 1. The van der Waals surface area contributed by atoms with Crippen LogP contribution in [0.25, 0.3) is 0 Å². The van der Waals surface area contributed by atoms with E-state index in [1.54, 1.807) is 32.9 Å². The van der Waals surface area contributed by atoms with Crippen molar-refractivity contribution in [2.75, 3.05) is 19.7 Å². The Hall–Kier alpha value is -1.64. The molecule has 1 aromatic rings. The number of ether oxygens (including phenoxy) is 2. The third-order valence-electron chi connectivity index (χ3n) is 3.85. The van der Waals surface area contributed by atoms with Crippen molar-refractivity contribution in [1.29, 1.82) is 0 Å². The number of nitrogens with zero attached hydrogens (tertiary/aromatic N) is 1. The molecule has 0 radical (unpaired) electrons. The van der Waals surface area contributed by atoms with E-state index in [9.17, 15) is 13.2 Å². The van der Waals surface area contributed by atoms with E-state index in [0.29, 0.717) is 6.54 Å². The third-order valence-corrected chi connectivity index (χ3v) is 5.15. The molecule has 1 saturated heterocycles. The monoisotopic (exact) mass is 399 g/mol. The maximum Gasteiger partial charge on any atom is 0.410 e. The summed E-state index contributed by atoms with van der Waals surface area (Å²) >= 11 is 0. The SMILES string of the molecule is Cc1ccc(S(=O)(=O)OC[C@H]2CN(C(=O)OC(C)(C)C)CC(C)(C)O2)cc1. The van der Waals surface area contributed by atoms with Crippen molar-refractivity contribution in [3.63, 3.8) is 0 Å². The van der Waals surface area contributed by atoms with Crippen LogP contribution in [0.4, 0.5) is 4.79 Å². The van der Waals surface area contributed by atoms with Gasteiger partial charge in [-0.05, 0) is 53.7 Å². The second-order valence-corrected chi connectivity index (χ2v) is 10.0. The van der Waals surface area contributed by atoms with Crippen LogP contribution in [0.2, 0.25) is 0 Å². The molecule has 1 aliphatic rings. The summed E-state index contributed by atoms with van der Waals surface area (Å²) in [6.07, 6.45) is -1.04. The minimum absolute atomic E-state index is 0.0900. The predicted octanol–water partition coefficient (Wildman–Crippen LogP) is 3.11. The smallest absolute Gasteiger partial charge is 0.410 e. The van der Waals surface area contributed by atoms with Crippen LogP contribution in [-0.2, 0) is 23.8 Å². The van der Waals surface area contributed by atoms with E-state index in [1.807, 2.05) is 20.8 Å². The van der Waals surface area contributed by atoms with Gasteiger partial charge in [-0.15, -0.1) is 0 Å². The Kier molecular flexibility index (Phi) is 6.23. The molecule has 1 amide bonds. The lowest BCUT2D eigenvalue weighted by Crippen LogP contribution is -2.56. The number of carbonyl (C=O) groups is 1. The average molecular weight is 400 g/mol. The number of amides is 1. The summed E-state index contributed by atoms with van der Waals surface area (Å²) in [6, 6.07) is 6.42. The zero-order valence-corrected chi connectivity index (χ0v) is 17.6. The van der Waals surface area contributed by atoms with Crippen molar-refractivity contribution in [2.24, 2.45) is 0 Å². The van der Waals surface area contributed by atoms with Crippen LogP contribution in [0.15, 0.2) is 29.2 Å². The molecule has 1 heterocycles. The number of aryl methyl sites for hydroxylation is 1. The van der Waals surface area contributed by atoms with Crippen molar-refractivity contribution >= 4 is 16.2 Å². The molecule has 152 valence electrons. The Morgan fingerprint density at radius 2 is 1.85 bits per heavy atom. The molecule has 0 unspecified atom stereocenters. The topological polar surface area (TPSA) is 82.1 Å². The summed E-state index contributed by atoms with van der Waals surface area (Å²) < 4.78 is 41.2. The summed E-state index contributed by atoms with van der Waals surface area (Å²) in [4.78, 5) is 14.0. The molecule has 8 heteroatoms. The van der Waals surface area contributed by atoms with E-state index >= 15 is 0 Å². The van der Waals surface area contributed by atoms with E-state index in [4.69, 9.17) is 13.7 Å². The van der Waals surface area contributed by atoms with Gasteiger partial charge in [0.1, 0.15) is 11.7 Å². The van der Waals surface area contributed by atoms with Crippen molar-refractivity contribution in [2.45, 2.75) is 63.7 Å². The fraction of sp³-hybridized carbons (Fsp3) is 0.632. The molecule has 0 bridgehead atoms. The Balaban J connectivity index is 2.04. The van der Waals surface area contributed by atoms with Crippen LogP contribution < -0.4 is 0 Å². The lowest BCUT2D eigenvalue weighted by molar-refractivity contribution is -0.142. The summed E-state index contributed by atoms with van der Waals surface area (Å²) in [5.74, 6) is 0. The van der Waals surface area contributed by atoms with Gasteiger partial charge < -0.3 is 14.4 Å². The number of morpholine rings is 1. The summed E-state index contributed by atoms with van der Waals surface area (Å²) in [6.45, 7) is 11.3. The Bertz CT molecular complexity index is 764. The van der Waals surface area contributed by atoms with Gasteiger partial charge in [0, 0.05) is 0 Å². The molecule has 0 spiro atoms. The zero-order valence-electron chi connectivity index (χ0n) is 16.8. The van der Waals surface area contributed by atoms with Crippen molar-refractivity contribution < 1.29 is 26.9 Å². The van der Waals surface area contributed by atoms with Gasteiger partial charge in [0.15, 0.2) is 0 Å². The Labute approximate surface area is 161 Å². The number of hydrogen-bond acceptors (Lipinski definition) is 6. The van der Waals surface area contributed by atoms with Gasteiger partial charge in [-0.2, -0.15) is 8.42 Å². The number of hydrogen-bond donors (Lipinski definition) is 0. The van der Waals surface area contributed by atoms with E-state index in [-0.39, 0.29) is 18.0 Å². The lowest BCUT2D eigenvalue weighted by Gasteiger charge is -2.42. The second kappa shape index (κ2) is 7.77. The molecule has 27 heavy (non-hydrogen) atoms. The molecule has 0 saturated carbocycles. The third kappa shape index (κ3) is 6.48. The quantitative estimate of drug-likeness (QED) is 0.724. The highest BCUT2D eigenvalue weighted by atomic mass is 32.2. The van der Waals surface area contributed by atoms with Crippen LogP contribution in [0.5, 0.6) is 0 Å². The van der Waals surface area contributed by atoms with Gasteiger partial charge in [0.2, 0.25) is 0 Å². The van der Waals surface area contributed by atoms with E-state index in [0.717, 1.165) is 5.56 Å². The number of carbonyl (C=O) groups excluding carboxylic acids is 1. The van der Waals surface area contributed by atoms with Gasteiger partial charge >= 0.3 is 6.09 Å². The van der Waals surface area contributed by atoms with Gasteiger partial charge in [-0.1, -0.05) is 17.7 Å². The summed E-state index contributed by atoms with van der Waals surface area (Å²) in [7, 11) is -3.89. The normalized spacial score (nSPS) is 20.4. The highest BCUT2D eigenvalue weighted by Crippen LogP contribution is 2.24. The molecular weight excluding hydrogens is 370 g/mol. The highest BCUT2D eigenvalue weighted by molar-refractivity contribution is 7.86. The maximum atomic E-state index is 12.4. The summed E-state index contributed by atoms with van der Waals surface area (Å²) in [5.41, 5.74) is -0.295. The van der Waals surface area contributed by atoms with Crippen molar-refractivity contribution in [3.8, 4) is 0 Å². The first-order chi connectivity index (χ1) is 12.3. The van der Waals surface area contributed by atoms with E-state index in [1.165, 1.54) is 17.0 Å². The van der Waals surface area contributed by atoms with Gasteiger partial charge in [-0.25, -0.2) is 4.79 Å². The van der Waals surface area contributed by atoms with Crippen LogP contribution in [0, 0.1) is 6.92 Å². The minimum Gasteiger partial charge on any atom is -0.444 e. The maximum absolute atomic E-state index is 12.4. The first-order valence-electron chi connectivity index (χ1n) is 8.89. The molecule has 1 aliphatic heterocycles. The fourth-order valence-electron chi connectivity index (χ4n) is 2.79. The molecule has 1 aromatic carbocycles. The molecule has 2 rings (SSSR count). The summed E-state index contributed by atoms with van der Waals surface area (Å²) in [5, 5.41) is 0. The van der Waals surface area contributed by atoms with Crippen LogP contribution in [-0.4, -0.2) is 56.4 Å². The Morgan fingerprint density at radius 1 is 1.26 bits per heavy atom. The average Bonchev–Trinajstić information content (AvgIpc) is 2.50. The molecular formula is C19H29NO6S. The van der Waals surface area contributed by atoms with E-state index < -0.39 is 33.5 Å². The number of rotatable bonds is 4. The van der Waals surface area contributed by atoms with Gasteiger partial charge in [0.25, 0.3) is 10.1 Å². The lowest BCUT2D eigenvalue weighted by atomic mass is 10.1. The zero-order chi connectivity index (χ0) is 20.5. The van der Waals surface area contributed by atoms with Gasteiger partial charge in [0.05, 0.1) is 30.2 Å². The first-order valence-corrected chi connectivity index (χ1v) is 10.3. The molecule has 7 nitrogen and oxygen atoms in total. The fourth-order valence-corrected chi connectivity index (χ4v) is 3.72. The largest absolute Gasteiger partial charge is 0.444 e. The molecule has 1 fully saturated rings. The predicted molar refractivity (Wildman–Crippen MR) is 101 cm³/mol. The Morgan fingerprint density at radius 3 is 2.41 bits per heavy atom. The standard InChI is InChI=1S/C19H29NO6S/c1-14-7-9-16(10-8-14)27(22,23)24-12-15-11-20(13-19(5,6)25-15)17(21)26-18(2,3)4/h7-10,15H,11-13H2,1-6H3/t15-/m1/s1. The van der Waals surface area contributed by atoms with Crippen LogP contribution >= 0.6 is 0 Å². The molecule has 1 atom stereocenters. The van der Waals surface area contributed by atoms with Crippen LogP contribution in [0.3, 0.4) is 0 Å². The van der Waals surface area contributed by atoms with Crippen molar-refractivity contribution in [1.82, 2.24) is 4.90 Å².